The van der Waals surface area contributed by atoms with Crippen LogP contribution in [-0.2, 0) is 9.59 Å². The molecular formula is C18H14N4Na2O6S. The third kappa shape index (κ3) is 4.37. The standard InChI is InChI=1S/C18H16N4O6S.2Na/c1-18(2)12(17(27)28)22-14(24)11(15(22)29-18)21-13(23)9-10(16(25)26)20-8-6-4-3-5-7(8)19-9;;/h3-6,11-12,15H,1-2H3,(H,21,23)(H,25,26)(H,27,28);;/q;2*+1/p-2/t11-,12+,15-;;/m1../s1. The Balaban J connectivity index is 0.00000171. The van der Waals surface area contributed by atoms with Crippen molar-refractivity contribution in [2.75, 3.05) is 0 Å². The van der Waals surface area contributed by atoms with Gasteiger partial charge in [0.15, 0.2) is 6.04 Å². The van der Waals surface area contributed by atoms with Crippen molar-refractivity contribution >= 4 is 46.5 Å². The van der Waals surface area contributed by atoms with Crippen molar-refractivity contribution in [1.82, 2.24) is 14.9 Å². The zero-order chi connectivity index (χ0) is 21.1. The van der Waals surface area contributed by atoms with E-state index in [9.17, 15) is 29.7 Å². The van der Waals surface area contributed by atoms with Crippen LogP contribution in [0.2, 0.25) is 0 Å². The molecule has 4 rings (SSSR count). The third-order valence-corrected chi connectivity index (χ3v) is 6.43. The Bertz CT molecular complexity index is 1110. The minimum absolute atomic E-state index is 0. The van der Waals surface area contributed by atoms with E-state index >= 15 is 0 Å². The van der Waals surface area contributed by atoms with Crippen LogP contribution in [0.1, 0.15) is 30.0 Å². The van der Waals surface area contributed by atoms with Gasteiger partial charge in [-0.1, -0.05) is 12.1 Å². The van der Waals surface area contributed by atoms with Crippen molar-refractivity contribution in [3.8, 4) is 0 Å². The summed E-state index contributed by atoms with van der Waals surface area (Å²) < 4.78 is -0.765. The number of nitrogens with zero attached hydrogens (tertiary/aromatic N) is 4. The Kier molecular flexibility index (Phi) is 7.85. The van der Waals surface area contributed by atoms with Gasteiger partial charge in [-0.25, -0.2) is 14.8 Å². The number of aromatic carboxylic acids is 1. The fourth-order valence-corrected chi connectivity index (χ4v) is 5.20. The average molecular weight is 460 g/mol. The van der Waals surface area contributed by atoms with Crippen molar-refractivity contribution in [1.29, 1.82) is 0 Å². The molecule has 2 aliphatic heterocycles. The molecule has 2 fully saturated rings. The number of thioether (sulfide) groups is 1. The summed E-state index contributed by atoms with van der Waals surface area (Å²) in [6, 6.07) is 4.24. The maximum atomic E-state index is 12.7. The summed E-state index contributed by atoms with van der Waals surface area (Å²) in [5.74, 6) is -4.44. The number of benzene rings is 1. The topological polar surface area (TPSA) is 159 Å². The zero-order valence-corrected chi connectivity index (χ0v) is 22.0. The molecule has 1 aromatic heterocycles. The summed E-state index contributed by atoms with van der Waals surface area (Å²) in [6.45, 7) is 3.40. The molecular weight excluding hydrogens is 446 g/mol. The number of carbonyl (C=O) groups excluding carboxylic acids is 2. The minimum Gasteiger partial charge on any atom is -0.857 e. The van der Waals surface area contributed by atoms with Gasteiger partial charge in [0.05, 0.1) is 17.0 Å². The molecule has 0 aliphatic carbocycles. The van der Waals surface area contributed by atoms with Crippen molar-refractivity contribution < 1.29 is 88.8 Å². The molecule has 31 heavy (non-hydrogen) atoms. The fraction of sp³-hybridized carbons (Fsp3) is 0.333. The van der Waals surface area contributed by atoms with E-state index in [2.05, 4.69) is 15.0 Å². The first-order chi connectivity index (χ1) is 13.6. The van der Waals surface area contributed by atoms with E-state index in [0.717, 1.165) is 0 Å². The molecule has 1 N–H and O–H groups in total. The molecule has 1 amide bonds. The van der Waals surface area contributed by atoms with Crippen LogP contribution in [-0.4, -0.2) is 65.9 Å². The van der Waals surface area contributed by atoms with Gasteiger partial charge in [0.1, 0.15) is 22.8 Å². The molecule has 3 atom stereocenters. The van der Waals surface area contributed by atoms with E-state index in [0.29, 0.717) is 5.52 Å². The molecule has 2 aliphatic rings. The maximum absolute atomic E-state index is 12.7. The quantitative estimate of drug-likeness (QED) is 0.202. The first-order valence-electron chi connectivity index (χ1n) is 8.58. The van der Waals surface area contributed by atoms with Crippen molar-refractivity contribution in [2.45, 2.75) is 36.1 Å². The van der Waals surface area contributed by atoms with Crippen molar-refractivity contribution in [3.05, 3.63) is 35.7 Å². The molecule has 0 radical (unpaired) electrons. The van der Waals surface area contributed by atoms with E-state index in [1.807, 2.05) is 0 Å². The van der Waals surface area contributed by atoms with Gasteiger partial charge in [-0.2, -0.15) is 0 Å². The summed E-state index contributed by atoms with van der Waals surface area (Å²) >= 11 is 1.23. The van der Waals surface area contributed by atoms with Gasteiger partial charge in [0.25, 0.3) is 5.91 Å². The molecule has 0 bridgehead atoms. The number of rotatable bonds is 4. The van der Waals surface area contributed by atoms with Gasteiger partial charge in [0, 0.05) is 10.6 Å². The third-order valence-electron chi connectivity index (χ3n) is 4.87. The fourth-order valence-electron chi connectivity index (χ4n) is 3.59. The van der Waals surface area contributed by atoms with E-state index in [1.165, 1.54) is 22.7 Å². The minimum atomic E-state index is -1.69. The van der Waals surface area contributed by atoms with Gasteiger partial charge < -0.3 is 25.0 Å². The Hall–Kier alpha value is -1.21. The number of amides is 1. The van der Waals surface area contributed by atoms with Gasteiger partial charge in [0.2, 0.25) is 0 Å². The van der Waals surface area contributed by atoms with Gasteiger partial charge in [-0.15, -0.1) is 11.8 Å². The number of carboxylic acid groups (broad SMARTS) is 2. The molecule has 10 nitrogen and oxygen atoms in total. The number of carbonyl (C=O) groups is 3. The average Bonchev–Trinajstić information content (AvgIpc) is 2.92. The van der Waals surface area contributed by atoms with Crippen LogP contribution in [0.3, 0.4) is 0 Å². The van der Waals surface area contributed by atoms with Crippen LogP contribution in [0.4, 0.5) is 0 Å². The van der Waals surface area contributed by atoms with Crippen LogP contribution < -0.4 is 69.3 Å². The second-order valence-electron chi connectivity index (χ2n) is 7.17. The molecule has 0 saturated carbocycles. The zero-order valence-electron chi connectivity index (χ0n) is 17.2. The first-order valence-corrected chi connectivity index (χ1v) is 9.46. The van der Waals surface area contributed by atoms with Crippen LogP contribution in [0.5, 0.6) is 0 Å². The molecule has 13 heteroatoms. The molecule has 150 valence electrons. The summed E-state index contributed by atoms with van der Waals surface area (Å²) in [7, 11) is 0. The number of hydrogen-bond acceptors (Lipinski definition) is 9. The van der Waals surface area contributed by atoms with Crippen molar-refractivity contribution in [2.24, 2.45) is 4.99 Å². The predicted octanol–water partition coefficient (Wildman–Crippen LogP) is -7.38. The van der Waals surface area contributed by atoms with E-state index in [4.69, 9.17) is 0 Å². The molecule has 0 unspecified atom stereocenters. The number of β-lactam (4-membered cyclic amide) rings is 1. The number of carboxylic acids is 2. The number of hydrogen-bond donors (Lipinski definition) is 1. The second kappa shape index (κ2) is 9.34. The smallest absolute Gasteiger partial charge is 0.857 e. The van der Waals surface area contributed by atoms with Crippen LogP contribution >= 0.6 is 11.8 Å². The number of para-hydroxylation sites is 2. The van der Waals surface area contributed by atoms with Crippen molar-refractivity contribution in [3.63, 3.8) is 0 Å². The summed E-state index contributed by atoms with van der Waals surface area (Å²) in [5, 5.41) is 32.9. The Morgan fingerprint density at radius 1 is 1.13 bits per heavy atom. The molecule has 2 aromatic rings. The SMILES string of the molecule is CC1(C)S[C@@H]2[C@H](N=C([O-])c3nc4ccccc4nc3C(=O)[O-])C(=O)N2[C@H]1C(=O)O.[Na+].[Na+]. The number of fused-ring (bicyclic) bond motifs is 2. The largest absolute Gasteiger partial charge is 1.00 e. The first kappa shape index (κ1) is 26.0. The van der Waals surface area contributed by atoms with E-state index in [1.54, 1.807) is 32.0 Å². The van der Waals surface area contributed by atoms with Crippen LogP contribution in [0.15, 0.2) is 29.3 Å². The normalized spacial score (nSPS) is 23.9. The second-order valence-corrected chi connectivity index (χ2v) is 8.95. The van der Waals surface area contributed by atoms with Crippen LogP contribution in [0.25, 0.3) is 11.0 Å². The number of aromatic nitrogens is 2. The summed E-state index contributed by atoms with van der Waals surface area (Å²) in [5.41, 5.74) is -0.623. The Morgan fingerprint density at radius 3 is 2.19 bits per heavy atom. The maximum Gasteiger partial charge on any atom is 1.00 e. The molecule has 3 heterocycles. The molecule has 2 saturated heterocycles. The summed E-state index contributed by atoms with van der Waals surface area (Å²) in [4.78, 5) is 48.5. The Labute approximate surface area is 225 Å². The van der Waals surface area contributed by atoms with Gasteiger partial charge >= 0.3 is 65.1 Å². The molecule has 0 spiro atoms. The summed E-state index contributed by atoms with van der Waals surface area (Å²) in [6.07, 6.45) is 0. The van der Waals surface area contributed by atoms with Crippen LogP contribution in [0, 0.1) is 0 Å². The number of aliphatic carboxylic acids is 1. The predicted molar refractivity (Wildman–Crippen MR) is 97.9 cm³/mol. The van der Waals surface area contributed by atoms with E-state index < -0.39 is 57.3 Å². The van der Waals surface area contributed by atoms with Gasteiger partial charge in [-0.3, -0.25) is 9.79 Å². The number of aliphatic imine (C=N–C) groups is 1. The van der Waals surface area contributed by atoms with Gasteiger partial charge in [-0.05, 0) is 26.0 Å². The monoisotopic (exact) mass is 460 g/mol. The molecule has 1 aromatic carbocycles. The Morgan fingerprint density at radius 2 is 1.68 bits per heavy atom. The van der Waals surface area contributed by atoms with E-state index in [-0.39, 0.29) is 64.6 Å².